The van der Waals surface area contributed by atoms with Gasteiger partial charge in [0.05, 0.1) is 17.3 Å². The fourth-order valence-corrected chi connectivity index (χ4v) is 10.6. The topological polar surface area (TPSA) is 55.8 Å². The standard InChI is InChI=1S/C38H56O4/c1-25(14-13-20-34(2,3)40)27-19-21-38(8)32-30(41-9)24-29-28(36(32,6)22-23-37(27,38)7)17-18-31(35(29,4)5)42-33(39)26-15-11-10-12-16-26/h10-13,15-16,20,24-25,27-28,30-32,40H,14,17-19,21-23H2,1-9H3/b20-13+/t25-,27-,28-,30+,31+,32-,36+,37-,38+/m1/s1. The van der Waals surface area contributed by atoms with E-state index in [0.29, 0.717) is 29.2 Å². The van der Waals surface area contributed by atoms with Gasteiger partial charge in [-0.05, 0) is 105 Å². The molecule has 0 spiro atoms. The number of carbonyl (C=O) groups is 1. The Balaban J connectivity index is 1.44. The molecule has 0 unspecified atom stereocenters. The number of esters is 1. The molecule has 232 valence electrons. The zero-order valence-corrected chi connectivity index (χ0v) is 27.7. The first-order chi connectivity index (χ1) is 19.6. The van der Waals surface area contributed by atoms with Crippen molar-refractivity contribution in [2.24, 2.45) is 45.3 Å². The highest BCUT2D eigenvalue weighted by molar-refractivity contribution is 5.89. The second kappa shape index (κ2) is 10.9. The van der Waals surface area contributed by atoms with Gasteiger partial charge in [0.25, 0.3) is 0 Å². The number of allylic oxidation sites excluding steroid dienone is 1. The summed E-state index contributed by atoms with van der Waals surface area (Å²) in [4.78, 5) is 13.1. The Labute approximate surface area is 255 Å². The highest BCUT2D eigenvalue weighted by Gasteiger charge is 2.69. The molecular weight excluding hydrogens is 520 g/mol. The van der Waals surface area contributed by atoms with Crippen molar-refractivity contribution >= 4 is 5.97 Å². The van der Waals surface area contributed by atoms with Gasteiger partial charge >= 0.3 is 5.97 Å². The Morgan fingerprint density at radius 1 is 1.02 bits per heavy atom. The molecular formula is C38H56O4. The van der Waals surface area contributed by atoms with Gasteiger partial charge in [0.2, 0.25) is 0 Å². The number of carbonyl (C=O) groups excluding carboxylic acids is 1. The molecule has 0 aliphatic heterocycles. The summed E-state index contributed by atoms with van der Waals surface area (Å²) in [5.41, 5.74) is 1.63. The van der Waals surface area contributed by atoms with Gasteiger partial charge < -0.3 is 14.6 Å². The van der Waals surface area contributed by atoms with Crippen LogP contribution in [0.1, 0.15) is 111 Å². The molecule has 4 aliphatic carbocycles. The van der Waals surface area contributed by atoms with Crippen LogP contribution in [0.4, 0.5) is 0 Å². The monoisotopic (exact) mass is 576 g/mol. The van der Waals surface area contributed by atoms with Gasteiger partial charge in [0, 0.05) is 18.4 Å². The fourth-order valence-electron chi connectivity index (χ4n) is 10.6. The van der Waals surface area contributed by atoms with Gasteiger partial charge in [-0.1, -0.05) is 83.5 Å². The number of methoxy groups -OCH3 is 1. The zero-order chi connectivity index (χ0) is 30.7. The summed E-state index contributed by atoms with van der Waals surface area (Å²) in [6.45, 7) is 18.5. The zero-order valence-electron chi connectivity index (χ0n) is 27.7. The van der Waals surface area contributed by atoms with Crippen LogP contribution in [0.5, 0.6) is 0 Å². The molecule has 0 radical (unpaired) electrons. The average Bonchev–Trinajstić information content (AvgIpc) is 3.20. The van der Waals surface area contributed by atoms with Crippen LogP contribution in [-0.4, -0.2) is 36.0 Å². The lowest BCUT2D eigenvalue weighted by Crippen LogP contribution is -2.63. The van der Waals surface area contributed by atoms with Crippen molar-refractivity contribution in [1.82, 2.24) is 0 Å². The summed E-state index contributed by atoms with van der Waals surface area (Å²) in [6, 6.07) is 9.40. The maximum atomic E-state index is 13.1. The quantitative estimate of drug-likeness (QED) is 0.260. The molecule has 0 amide bonds. The first-order valence-corrected chi connectivity index (χ1v) is 16.5. The molecule has 0 aromatic heterocycles. The predicted octanol–water partition coefficient (Wildman–Crippen LogP) is 8.80. The predicted molar refractivity (Wildman–Crippen MR) is 170 cm³/mol. The van der Waals surface area contributed by atoms with Crippen LogP contribution in [0.25, 0.3) is 0 Å². The summed E-state index contributed by atoms with van der Waals surface area (Å²) in [7, 11) is 1.90. The molecule has 1 aromatic carbocycles. The van der Waals surface area contributed by atoms with Gasteiger partial charge in [0.1, 0.15) is 6.10 Å². The van der Waals surface area contributed by atoms with E-state index in [9.17, 15) is 9.90 Å². The van der Waals surface area contributed by atoms with Gasteiger partial charge in [-0.3, -0.25) is 0 Å². The van der Waals surface area contributed by atoms with Crippen molar-refractivity contribution in [3.63, 3.8) is 0 Å². The third-order valence-electron chi connectivity index (χ3n) is 13.0. The highest BCUT2D eigenvalue weighted by atomic mass is 16.5. The molecule has 4 aliphatic rings. The normalized spacial score (nSPS) is 40.0. The molecule has 0 heterocycles. The third-order valence-corrected chi connectivity index (χ3v) is 13.0. The molecule has 42 heavy (non-hydrogen) atoms. The maximum Gasteiger partial charge on any atom is 0.338 e. The number of hydrogen-bond acceptors (Lipinski definition) is 4. The Kier molecular flexibility index (Phi) is 8.19. The molecule has 9 atom stereocenters. The summed E-state index contributed by atoms with van der Waals surface area (Å²) in [5.74, 6) is 1.93. The average molecular weight is 577 g/mol. The minimum absolute atomic E-state index is 0.0536. The smallest absolute Gasteiger partial charge is 0.338 e. The van der Waals surface area contributed by atoms with Crippen LogP contribution in [0.2, 0.25) is 0 Å². The van der Waals surface area contributed by atoms with E-state index in [1.54, 1.807) is 0 Å². The molecule has 1 aromatic rings. The van der Waals surface area contributed by atoms with Gasteiger partial charge in [0.15, 0.2) is 0 Å². The number of aliphatic hydroxyl groups is 1. The lowest BCUT2D eigenvalue weighted by atomic mass is 9.38. The first-order valence-electron chi connectivity index (χ1n) is 16.5. The van der Waals surface area contributed by atoms with Gasteiger partial charge in [-0.25, -0.2) is 4.79 Å². The van der Waals surface area contributed by atoms with E-state index in [2.05, 4.69) is 53.7 Å². The van der Waals surface area contributed by atoms with E-state index in [1.165, 1.54) is 31.3 Å². The maximum absolute atomic E-state index is 13.1. The minimum atomic E-state index is -0.759. The van der Waals surface area contributed by atoms with Crippen LogP contribution >= 0.6 is 0 Å². The van der Waals surface area contributed by atoms with Crippen molar-refractivity contribution in [1.29, 1.82) is 0 Å². The number of benzene rings is 1. The Hall–Kier alpha value is -1.91. The van der Waals surface area contributed by atoms with Gasteiger partial charge in [-0.15, -0.1) is 0 Å². The molecule has 3 fully saturated rings. The number of fused-ring (bicyclic) bond motifs is 5. The molecule has 0 saturated heterocycles. The molecule has 4 heteroatoms. The van der Waals surface area contributed by atoms with Crippen LogP contribution in [0.15, 0.2) is 54.1 Å². The highest BCUT2D eigenvalue weighted by Crippen LogP contribution is 2.75. The van der Waals surface area contributed by atoms with Crippen LogP contribution < -0.4 is 0 Å². The number of rotatable bonds is 7. The van der Waals surface area contributed by atoms with Crippen molar-refractivity contribution in [2.45, 2.75) is 118 Å². The Bertz CT molecular complexity index is 1210. The molecule has 3 saturated carbocycles. The van der Waals surface area contributed by atoms with Crippen LogP contribution in [-0.2, 0) is 9.47 Å². The van der Waals surface area contributed by atoms with Crippen molar-refractivity contribution in [3.05, 3.63) is 59.7 Å². The number of hydrogen-bond donors (Lipinski definition) is 1. The molecule has 0 bridgehead atoms. The number of ether oxygens (including phenoxy) is 2. The lowest BCUT2D eigenvalue weighted by molar-refractivity contribution is -0.182. The lowest BCUT2D eigenvalue weighted by Gasteiger charge is -2.67. The molecule has 1 N–H and O–H groups in total. The summed E-state index contributed by atoms with van der Waals surface area (Å²) in [6.07, 6.45) is 14.5. The second-order valence-corrected chi connectivity index (χ2v) is 16.2. The van der Waals surface area contributed by atoms with E-state index in [4.69, 9.17) is 9.47 Å². The van der Waals surface area contributed by atoms with Crippen molar-refractivity contribution in [3.8, 4) is 0 Å². The summed E-state index contributed by atoms with van der Waals surface area (Å²) >= 11 is 0. The van der Waals surface area contributed by atoms with Crippen LogP contribution in [0.3, 0.4) is 0 Å². The summed E-state index contributed by atoms with van der Waals surface area (Å²) in [5, 5.41) is 10.2. The van der Waals surface area contributed by atoms with E-state index < -0.39 is 5.60 Å². The molecule has 5 rings (SSSR count). The second-order valence-electron chi connectivity index (χ2n) is 16.2. The van der Waals surface area contributed by atoms with Gasteiger partial charge in [-0.2, -0.15) is 0 Å². The van der Waals surface area contributed by atoms with Crippen molar-refractivity contribution < 1.29 is 19.4 Å². The van der Waals surface area contributed by atoms with E-state index in [-0.39, 0.29) is 39.8 Å². The SMILES string of the molecule is CO[C@H]1C=C2[C@@H](CC[C@H](OC(=O)c3ccccc3)C2(C)C)[C@]2(C)CC[C@]3(C)[C@@H]([C@H](C)C/C=C/C(C)(C)O)CC[C@@]3(C)[C@H]12. The van der Waals surface area contributed by atoms with Crippen molar-refractivity contribution in [2.75, 3.05) is 7.11 Å². The third kappa shape index (κ3) is 5.03. The fraction of sp³-hybridized carbons (Fsp3) is 0.711. The summed E-state index contributed by atoms with van der Waals surface area (Å²) < 4.78 is 12.7. The minimum Gasteiger partial charge on any atom is -0.458 e. The Morgan fingerprint density at radius 2 is 1.71 bits per heavy atom. The first kappa shape index (κ1) is 31.5. The molecule has 4 nitrogen and oxygen atoms in total. The largest absolute Gasteiger partial charge is 0.458 e. The van der Waals surface area contributed by atoms with E-state index in [1.807, 2.05) is 57.4 Å². The van der Waals surface area contributed by atoms with E-state index in [0.717, 1.165) is 19.3 Å². The van der Waals surface area contributed by atoms with Crippen LogP contribution in [0, 0.1) is 45.3 Å². The van der Waals surface area contributed by atoms with E-state index >= 15 is 0 Å². The Morgan fingerprint density at radius 3 is 2.36 bits per heavy atom.